The summed E-state index contributed by atoms with van der Waals surface area (Å²) in [6.07, 6.45) is 53.8. The zero-order valence-electron chi connectivity index (χ0n) is 48.0. The molecule has 0 aromatic carbocycles. The molecule has 0 amide bonds. The van der Waals surface area contributed by atoms with Crippen LogP contribution in [0.3, 0.4) is 0 Å². The Labute approximate surface area is 445 Å². The molecule has 0 atom stereocenters. The van der Waals surface area contributed by atoms with Gasteiger partial charge in [0.25, 0.3) is 12.9 Å². The van der Waals surface area contributed by atoms with Crippen molar-refractivity contribution in [3.8, 4) is 0 Å². The number of unbranched alkanes of at least 4 members (excludes halogenated alkanes) is 24. The van der Waals surface area contributed by atoms with Crippen molar-refractivity contribution in [2.75, 3.05) is 39.5 Å². The first-order valence-electron chi connectivity index (χ1n) is 31.2. The molecule has 10 heteroatoms. The van der Waals surface area contributed by atoms with Gasteiger partial charge in [-0.2, -0.15) is 0 Å². The fourth-order valence-corrected chi connectivity index (χ4v) is 10.3. The fraction of sp³-hybridized carbons (Fsp3) is 0.935. The standard InChI is InChI=1S/2C24H46O2.C14H27NO5/c2*1-3-5-7-9-11-16-20-23(21-17-12-10-8-6-4-2)26-24(25)22-18-14-13-15-19-22;16-10-9-15(7-3-1-5-11-19-13-17)8-4-2-6-12-20-14-18/h2*22-23H,3-21H2,1-2H3;13-14,16H,1-12H2. The third-order valence-electron chi connectivity index (χ3n) is 15.0. The molecule has 0 bridgehead atoms. The Morgan fingerprint density at radius 1 is 0.417 bits per heavy atom. The third kappa shape index (κ3) is 46.3. The van der Waals surface area contributed by atoms with E-state index in [0.717, 1.165) is 103 Å². The van der Waals surface area contributed by atoms with E-state index < -0.39 is 0 Å². The lowest BCUT2D eigenvalue weighted by molar-refractivity contribution is -0.157. The normalized spacial score (nSPS) is 14.1. The summed E-state index contributed by atoms with van der Waals surface area (Å²) in [6, 6.07) is 0. The SMILES string of the molecule is CCCCCCCCC(CCCCCCCC)OC(=O)C1CCCCC1.CCCCCCCCC(CCCCCCCC)OC(=O)C1CCCCC1.O=COCCCCCN(CCO)CCCCCOC=O. The van der Waals surface area contributed by atoms with E-state index in [1.165, 1.54) is 193 Å². The Bertz CT molecular complexity index is 1030. The molecule has 0 unspecified atom stereocenters. The minimum Gasteiger partial charge on any atom is -0.468 e. The van der Waals surface area contributed by atoms with Crippen LogP contribution in [-0.2, 0) is 38.1 Å². The highest BCUT2D eigenvalue weighted by Crippen LogP contribution is 2.28. The predicted octanol–water partition coefficient (Wildman–Crippen LogP) is 16.9. The van der Waals surface area contributed by atoms with E-state index >= 15 is 0 Å². The van der Waals surface area contributed by atoms with E-state index in [1.54, 1.807) is 0 Å². The van der Waals surface area contributed by atoms with Gasteiger partial charge < -0.3 is 29.0 Å². The Hall–Kier alpha value is -2.20. The maximum Gasteiger partial charge on any atom is 0.309 e. The van der Waals surface area contributed by atoms with Crippen molar-refractivity contribution in [1.82, 2.24) is 4.90 Å². The average Bonchev–Trinajstić information content (AvgIpc) is 3.40. The second-order valence-corrected chi connectivity index (χ2v) is 21.6. The maximum atomic E-state index is 12.5. The molecular weight excluding hydrogens is 903 g/mol. The van der Waals surface area contributed by atoms with Crippen LogP contribution in [0.5, 0.6) is 0 Å². The molecule has 2 rings (SSSR count). The van der Waals surface area contributed by atoms with Gasteiger partial charge in [0.05, 0.1) is 31.7 Å². The molecule has 2 fully saturated rings. The van der Waals surface area contributed by atoms with E-state index in [9.17, 15) is 19.2 Å². The van der Waals surface area contributed by atoms with Crippen LogP contribution in [0, 0.1) is 11.8 Å². The van der Waals surface area contributed by atoms with Crippen LogP contribution in [0.15, 0.2) is 0 Å². The van der Waals surface area contributed by atoms with Gasteiger partial charge in [-0.15, -0.1) is 0 Å². The molecule has 0 heterocycles. The minimum atomic E-state index is 0.117. The molecule has 0 aromatic rings. The predicted molar refractivity (Wildman–Crippen MR) is 300 cm³/mol. The Morgan fingerprint density at radius 2 is 0.708 bits per heavy atom. The quantitative estimate of drug-likeness (QED) is 0.0272. The Kier molecular flexibility index (Phi) is 54.8. The van der Waals surface area contributed by atoms with Crippen LogP contribution in [-0.4, -0.2) is 86.6 Å². The molecule has 0 aromatic heterocycles. The summed E-state index contributed by atoms with van der Waals surface area (Å²) < 4.78 is 21.3. The molecule has 2 saturated carbocycles. The summed E-state index contributed by atoms with van der Waals surface area (Å²) in [7, 11) is 0. The molecule has 2 aliphatic rings. The monoisotopic (exact) mass is 1020 g/mol. The number of nitrogens with zero attached hydrogens (tertiary/aromatic N) is 1. The van der Waals surface area contributed by atoms with E-state index in [0.29, 0.717) is 32.7 Å². The topological polar surface area (TPSA) is 129 Å². The molecule has 0 radical (unpaired) electrons. The number of carbonyl (C=O) groups excluding carboxylic acids is 4. The van der Waals surface area contributed by atoms with E-state index in [2.05, 4.69) is 42.1 Å². The smallest absolute Gasteiger partial charge is 0.309 e. The van der Waals surface area contributed by atoms with Gasteiger partial charge in [0.1, 0.15) is 12.2 Å². The first kappa shape index (κ1) is 69.8. The highest BCUT2D eigenvalue weighted by Gasteiger charge is 2.26. The van der Waals surface area contributed by atoms with Gasteiger partial charge in [0.15, 0.2) is 0 Å². The van der Waals surface area contributed by atoms with Gasteiger partial charge in [0.2, 0.25) is 0 Å². The van der Waals surface area contributed by atoms with Crippen LogP contribution in [0.2, 0.25) is 0 Å². The van der Waals surface area contributed by atoms with Crippen LogP contribution in [0.1, 0.15) is 310 Å². The van der Waals surface area contributed by atoms with Gasteiger partial charge in [-0.25, -0.2) is 0 Å². The summed E-state index contributed by atoms with van der Waals surface area (Å²) >= 11 is 0. The number of esters is 2. The van der Waals surface area contributed by atoms with Crippen LogP contribution >= 0.6 is 0 Å². The fourth-order valence-electron chi connectivity index (χ4n) is 10.3. The number of hydrogen-bond donors (Lipinski definition) is 1. The van der Waals surface area contributed by atoms with Crippen LogP contribution in [0.4, 0.5) is 0 Å². The molecular formula is C62H119NO9. The van der Waals surface area contributed by atoms with E-state index in [-0.39, 0.29) is 42.6 Å². The van der Waals surface area contributed by atoms with Crippen molar-refractivity contribution >= 4 is 24.9 Å². The van der Waals surface area contributed by atoms with Gasteiger partial charge in [-0.05, 0) is 129 Å². The van der Waals surface area contributed by atoms with Crippen LogP contribution < -0.4 is 0 Å². The first-order chi connectivity index (χ1) is 35.4. The first-order valence-corrected chi connectivity index (χ1v) is 31.2. The van der Waals surface area contributed by atoms with Crippen molar-refractivity contribution < 1.29 is 43.2 Å². The zero-order chi connectivity index (χ0) is 52.6. The Morgan fingerprint density at radius 3 is 1.00 bits per heavy atom. The summed E-state index contributed by atoms with van der Waals surface area (Å²) in [6.45, 7) is 13.8. The van der Waals surface area contributed by atoms with Crippen molar-refractivity contribution in [3.05, 3.63) is 0 Å². The van der Waals surface area contributed by atoms with Crippen LogP contribution in [0.25, 0.3) is 0 Å². The number of carbonyl (C=O) groups is 4. The van der Waals surface area contributed by atoms with Gasteiger partial charge >= 0.3 is 11.9 Å². The number of aliphatic hydroxyl groups is 1. The Balaban J connectivity index is 0.00000106. The van der Waals surface area contributed by atoms with E-state index in [1.807, 2.05) is 0 Å². The number of rotatable bonds is 48. The number of aliphatic hydroxyl groups excluding tert-OH is 1. The molecule has 0 aliphatic heterocycles. The van der Waals surface area contributed by atoms with E-state index in [4.69, 9.17) is 14.6 Å². The van der Waals surface area contributed by atoms with Crippen molar-refractivity contribution in [2.45, 2.75) is 322 Å². The van der Waals surface area contributed by atoms with Crippen molar-refractivity contribution in [3.63, 3.8) is 0 Å². The lowest BCUT2D eigenvalue weighted by Gasteiger charge is -2.24. The lowest BCUT2D eigenvalue weighted by atomic mass is 9.89. The van der Waals surface area contributed by atoms with Crippen molar-refractivity contribution in [1.29, 1.82) is 0 Å². The highest BCUT2D eigenvalue weighted by atomic mass is 16.5. The zero-order valence-corrected chi connectivity index (χ0v) is 48.0. The third-order valence-corrected chi connectivity index (χ3v) is 15.0. The molecule has 426 valence electrons. The minimum absolute atomic E-state index is 0.117. The summed E-state index contributed by atoms with van der Waals surface area (Å²) in [5.41, 5.74) is 0. The summed E-state index contributed by atoms with van der Waals surface area (Å²) in [5.74, 6) is 0.624. The van der Waals surface area contributed by atoms with Crippen molar-refractivity contribution in [2.24, 2.45) is 11.8 Å². The summed E-state index contributed by atoms with van der Waals surface area (Å²) in [5, 5.41) is 9.02. The van der Waals surface area contributed by atoms with Gasteiger partial charge in [0, 0.05) is 6.54 Å². The molecule has 2 aliphatic carbocycles. The number of hydrogen-bond acceptors (Lipinski definition) is 10. The second-order valence-electron chi connectivity index (χ2n) is 21.6. The van der Waals surface area contributed by atoms with Gasteiger partial charge in [-0.3, -0.25) is 19.2 Å². The molecule has 0 spiro atoms. The number of ether oxygens (including phenoxy) is 4. The second kappa shape index (κ2) is 56.5. The van der Waals surface area contributed by atoms with Gasteiger partial charge in [-0.1, -0.05) is 195 Å². The molecule has 72 heavy (non-hydrogen) atoms. The lowest BCUT2D eigenvalue weighted by Crippen LogP contribution is -2.29. The largest absolute Gasteiger partial charge is 0.468 e. The molecule has 1 N–H and O–H groups in total. The molecule has 10 nitrogen and oxygen atoms in total. The highest BCUT2D eigenvalue weighted by molar-refractivity contribution is 5.73. The average molecular weight is 1020 g/mol. The summed E-state index contributed by atoms with van der Waals surface area (Å²) in [4.78, 5) is 47.2. The maximum absolute atomic E-state index is 12.5. The molecule has 0 saturated heterocycles.